The van der Waals surface area contributed by atoms with Crippen LogP contribution in [0.25, 0.3) is 0 Å². The molecule has 130 valence electrons. The van der Waals surface area contributed by atoms with Crippen molar-refractivity contribution in [3.05, 3.63) is 48.3 Å². The van der Waals surface area contributed by atoms with Crippen molar-refractivity contribution in [3.8, 4) is 0 Å². The Labute approximate surface area is 148 Å². The lowest BCUT2D eigenvalue weighted by molar-refractivity contribution is -0.123. The molecule has 2 aliphatic rings. The summed E-state index contributed by atoms with van der Waals surface area (Å²) in [5.74, 6) is 0.976. The highest BCUT2D eigenvalue weighted by atomic mass is 16.2. The van der Waals surface area contributed by atoms with Crippen molar-refractivity contribution in [2.75, 3.05) is 42.5 Å². The summed E-state index contributed by atoms with van der Waals surface area (Å²) in [6, 6.07) is 9.94. The predicted molar refractivity (Wildman–Crippen MR) is 97.8 cm³/mol. The maximum atomic E-state index is 13.0. The quantitative estimate of drug-likeness (QED) is 0.851. The number of carbonyl (C=O) groups excluding carboxylic acids is 1. The van der Waals surface area contributed by atoms with Crippen molar-refractivity contribution in [2.24, 2.45) is 0 Å². The first-order valence-electron chi connectivity index (χ1n) is 8.89. The minimum atomic E-state index is -0.106. The maximum Gasteiger partial charge on any atom is 0.244 e. The van der Waals surface area contributed by atoms with Crippen LogP contribution in [0.4, 0.5) is 11.6 Å². The van der Waals surface area contributed by atoms with Crippen molar-refractivity contribution in [1.82, 2.24) is 14.9 Å². The SMILES string of the molecule is C[C@H](C(=O)N1CCc2ccccc21)N1CCN(c2ncccn2)CC1. The molecule has 4 rings (SSSR count). The molecule has 2 aromatic rings. The number of carbonyl (C=O) groups is 1. The minimum Gasteiger partial charge on any atom is -0.338 e. The van der Waals surface area contributed by atoms with Crippen LogP contribution in [0.1, 0.15) is 12.5 Å². The average Bonchev–Trinajstić information content (AvgIpc) is 3.12. The molecule has 0 unspecified atom stereocenters. The number of aromatic nitrogens is 2. The summed E-state index contributed by atoms with van der Waals surface area (Å²) < 4.78 is 0. The summed E-state index contributed by atoms with van der Waals surface area (Å²) >= 11 is 0. The van der Waals surface area contributed by atoms with Gasteiger partial charge in [-0.2, -0.15) is 0 Å². The van der Waals surface area contributed by atoms with Crippen LogP contribution < -0.4 is 9.80 Å². The van der Waals surface area contributed by atoms with Crippen molar-refractivity contribution in [1.29, 1.82) is 0 Å². The fourth-order valence-electron chi connectivity index (χ4n) is 3.71. The van der Waals surface area contributed by atoms with E-state index in [9.17, 15) is 4.79 Å². The van der Waals surface area contributed by atoms with Crippen LogP contribution >= 0.6 is 0 Å². The van der Waals surface area contributed by atoms with E-state index in [0.29, 0.717) is 0 Å². The van der Waals surface area contributed by atoms with Crippen LogP contribution in [0.2, 0.25) is 0 Å². The normalized spacial score (nSPS) is 18.9. The number of fused-ring (bicyclic) bond motifs is 1. The molecule has 0 N–H and O–H groups in total. The molecule has 3 heterocycles. The Morgan fingerprint density at radius 3 is 2.48 bits per heavy atom. The predicted octanol–water partition coefficient (Wildman–Crippen LogP) is 1.58. The van der Waals surface area contributed by atoms with Gasteiger partial charge in [-0.15, -0.1) is 0 Å². The number of rotatable bonds is 3. The van der Waals surface area contributed by atoms with E-state index in [4.69, 9.17) is 0 Å². The molecule has 1 saturated heterocycles. The number of hydrogen-bond acceptors (Lipinski definition) is 5. The molecule has 1 atom stereocenters. The highest BCUT2D eigenvalue weighted by Gasteiger charge is 2.32. The van der Waals surface area contributed by atoms with Crippen molar-refractivity contribution >= 4 is 17.5 Å². The highest BCUT2D eigenvalue weighted by molar-refractivity contribution is 5.98. The maximum absolute atomic E-state index is 13.0. The van der Waals surface area contributed by atoms with Crippen molar-refractivity contribution in [3.63, 3.8) is 0 Å². The van der Waals surface area contributed by atoms with Crippen LogP contribution in [-0.2, 0) is 11.2 Å². The molecule has 0 saturated carbocycles. The summed E-state index contributed by atoms with van der Waals surface area (Å²) in [6.07, 6.45) is 4.49. The Kier molecular flexibility index (Phi) is 4.36. The molecule has 0 radical (unpaired) electrons. The van der Waals surface area contributed by atoms with Crippen LogP contribution in [0.3, 0.4) is 0 Å². The topological polar surface area (TPSA) is 52.6 Å². The summed E-state index contributed by atoms with van der Waals surface area (Å²) in [7, 11) is 0. The zero-order valence-corrected chi connectivity index (χ0v) is 14.5. The van der Waals surface area contributed by atoms with Crippen LogP contribution in [0.15, 0.2) is 42.7 Å². The van der Waals surface area contributed by atoms with Gasteiger partial charge in [-0.3, -0.25) is 9.69 Å². The first kappa shape index (κ1) is 16.0. The molecule has 0 bridgehead atoms. The zero-order valence-electron chi connectivity index (χ0n) is 14.5. The second-order valence-corrected chi connectivity index (χ2v) is 6.62. The third-order valence-electron chi connectivity index (χ3n) is 5.21. The largest absolute Gasteiger partial charge is 0.338 e. The van der Waals surface area contributed by atoms with Gasteiger partial charge in [0.2, 0.25) is 11.9 Å². The van der Waals surface area contributed by atoms with Gasteiger partial charge in [-0.05, 0) is 31.0 Å². The summed E-state index contributed by atoms with van der Waals surface area (Å²) in [5.41, 5.74) is 2.35. The van der Waals surface area contributed by atoms with Crippen LogP contribution in [-0.4, -0.2) is 59.5 Å². The zero-order chi connectivity index (χ0) is 17.2. The van der Waals surface area contributed by atoms with Crippen LogP contribution in [0, 0.1) is 0 Å². The van der Waals surface area contributed by atoms with Gasteiger partial charge >= 0.3 is 0 Å². The van der Waals surface area contributed by atoms with Gasteiger partial charge in [0.25, 0.3) is 0 Å². The highest BCUT2D eigenvalue weighted by Crippen LogP contribution is 2.28. The second-order valence-electron chi connectivity index (χ2n) is 6.62. The van der Waals surface area contributed by atoms with Gasteiger partial charge in [0.05, 0.1) is 6.04 Å². The standard InChI is InChI=1S/C19H23N5O/c1-15(18(25)24-10-7-16-5-2-3-6-17(16)24)22-11-13-23(14-12-22)19-20-8-4-9-21-19/h2-6,8-9,15H,7,10-14H2,1H3/t15-/m1/s1. The second kappa shape index (κ2) is 6.80. The molecule has 1 fully saturated rings. The first-order chi connectivity index (χ1) is 12.2. The van der Waals surface area contributed by atoms with E-state index in [2.05, 4.69) is 31.9 Å². The van der Waals surface area contributed by atoms with E-state index >= 15 is 0 Å². The Hall–Kier alpha value is -2.47. The van der Waals surface area contributed by atoms with E-state index in [0.717, 1.165) is 50.8 Å². The summed E-state index contributed by atoms with van der Waals surface area (Å²) in [5, 5.41) is 0. The fraction of sp³-hybridized carbons (Fsp3) is 0.421. The van der Waals surface area contributed by atoms with E-state index in [1.54, 1.807) is 12.4 Å². The Balaban J connectivity index is 1.39. The molecular weight excluding hydrogens is 314 g/mol. The van der Waals surface area contributed by atoms with Crippen molar-refractivity contribution < 1.29 is 4.79 Å². The third-order valence-corrected chi connectivity index (χ3v) is 5.21. The van der Waals surface area contributed by atoms with E-state index < -0.39 is 0 Å². The van der Waals surface area contributed by atoms with E-state index in [-0.39, 0.29) is 11.9 Å². The van der Waals surface area contributed by atoms with E-state index in [1.165, 1.54) is 5.56 Å². The molecule has 25 heavy (non-hydrogen) atoms. The fourth-order valence-corrected chi connectivity index (χ4v) is 3.71. The molecule has 0 spiro atoms. The van der Waals surface area contributed by atoms with Gasteiger partial charge in [-0.25, -0.2) is 9.97 Å². The van der Waals surface area contributed by atoms with Gasteiger partial charge in [0, 0.05) is 50.8 Å². The molecule has 0 aliphatic carbocycles. The van der Waals surface area contributed by atoms with Gasteiger partial charge < -0.3 is 9.80 Å². The number of hydrogen-bond donors (Lipinski definition) is 0. The minimum absolute atomic E-state index is 0.106. The lowest BCUT2D eigenvalue weighted by Gasteiger charge is -2.38. The number of amides is 1. The Bertz CT molecular complexity index is 742. The van der Waals surface area contributed by atoms with Crippen molar-refractivity contribution in [2.45, 2.75) is 19.4 Å². The number of anilines is 2. The summed E-state index contributed by atoms with van der Waals surface area (Å²) in [6.45, 7) is 6.20. The number of para-hydroxylation sites is 1. The lowest BCUT2D eigenvalue weighted by Crippen LogP contribution is -2.54. The number of benzene rings is 1. The number of nitrogens with zero attached hydrogens (tertiary/aromatic N) is 5. The molecule has 1 aromatic heterocycles. The molecule has 6 nitrogen and oxygen atoms in total. The monoisotopic (exact) mass is 337 g/mol. The molecule has 1 amide bonds. The van der Waals surface area contributed by atoms with Crippen LogP contribution in [0.5, 0.6) is 0 Å². The first-order valence-corrected chi connectivity index (χ1v) is 8.89. The Morgan fingerprint density at radius 2 is 1.72 bits per heavy atom. The third kappa shape index (κ3) is 3.09. The van der Waals surface area contributed by atoms with Gasteiger partial charge in [0.1, 0.15) is 0 Å². The summed E-state index contributed by atoms with van der Waals surface area (Å²) in [4.78, 5) is 28.0. The molecule has 1 aromatic carbocycles. The van der Waals surface area contributed by atoms with E-state index in [1.807, 2.05) is 30.0 Å². The average molecular weight is 337 g/mol. The van der Waals surface area contributed by atoms with Gasteiger partial charge in [-0.1, -0.05) is 18.2 Å². The number of piperazine rings is 1. The molecular formula is C19H23N5O. The Morgan fingerprint density at radius 1 is 1.00 bits per heavy atom. The molecule has 2 aliphatic heterocycles. The smallest absolute Gasteiger partial charge is 0.244 e. The van der Waals surface area contributed by atoms with Gasteiger partial charge in [0.15, 0.2) is 0 Å². The molecule has 6 heteroatoms. The lowest BCUT2D eigenvalue weighted by atomic mass is 10.1.